The van der Waals surface area contributed by atoms with Crippen LogP contribution in [0.1, 0.15) is 34.3 Å². The summed E-state index contributed by atoms with van der Waals surface area (Å²) in [6.07, 6.45) is 7.62. The maximum Gasteiger partial charge on any atom is 0.258 e. The second kappa shape index (κ2) is 10.1. The number of carbonyl (C=O) groups excluding carboxylic acids is 1. The van der Waals surface area contributed by atoms with Crippen molar-refractivity contribution in [3.8, 4) is 0 Å². The van der Waals surface area contributed by atoms with Crippen molar-refractivity contribution in [2.45, 2.75) is 18.3 Å². The Morgan fingerprint density at radius 1 is 0.971 bits per heavy atom. The highest BCUT2D eigenvalue weighted by molar-refractivity contribution is 6.35. The summed E-state index contributed by atoms with van der Waals surface area (Å²) in [6, 6.07) is 14.7. The van der Waals surface area contributed by atoms with E-state index < -0.39 is 0 Å². The first-order chi connectivity index (χ1) is 16.8. The Bertz CT molecular complexity index is 1300. The van der Waals surface area contributed by atoms with Gasteiger partial charge in [0.15, 0.2) is 0 Å². The predicted octanol–water partition coefficient (Wildman–Crippen LogP) is 7.40. The highest BCUT2D eigenvalue weighted by atomic mass is 35.5. The van der Waals surface area contributed by atoms with E-state index in [9.17, 15) is 4.79 Å². The van der Waals surface area contributed by atoms with Gasteiger partial charge in [-0.3, -0.25) is 9.69 Å². The summed E-state index contributed by atoms with van der Waals surface area (Å²) < 4.78 is 0. The standard InChI is InChI=1S/C27H23Cl4N3O/c28-20-5-6-24-22(15-20)27(17-34(24)26(35)19-7-10-32-25(31)14-19)8-12-33(13-9-27)11-1-2-18-3-4-21(29)16-23(18)30/h1-7,10,14-16H,8-9,11-13,17H2. The van der Waals surface area contributed by atoms with Gasteiger partial charge in [0.2, 0.25) is 0 Å². The first-order valence-corrected chi connectivity index (χ1v) is 12.9. The van der Waals surface area contributed by atoms with Crippen LogP contribution in [0.15, 0.2) is 60.8 Å². The van der Waals surface area contributed by atoms with Crippen molar-refractivity contribution in [3.63, 3.8) is 0 Å². The van der Waals surface area contributed by atoms with Gasteiger partial charge in [-0.2, -0.15) is 0 Å². The summed E-state index contributed by atoms with van der Waals surface area (Å²) >= 11 is 24.7. The number of hydrogen-bond donors (Lipinski definition) is 0. The van der Waals surface area contributed by atoms with Gasteiger partial charge < -0.3 is 4.90 Å². The van der Waals surface area contributed by atoms with E-state index in [1.807, 2.05) is 41.3 Å². The molecule has 1 aromatic heterocycles. The molecular formula is C27H23Cl4N3O. The Morgan fingerprint density at radius 3 is 2.46 bits per heavy atom. The number of fused-ring (bicyclic) bond motifs is 2. The first kappa shape index (κ1) is 24.6. The summed E-state index contributed by atoms with van der Waals surface area (Å²) in [6.45, 7) is 3.31. The molecule has 0 unspecified atom stereocenters. The van der Waals surface area contributed by atoms with Crippen LogP contribution in [-0.4, -0.2) is 42.0 Å². The molecule has 35 heavy (non-hydrogen) atoms. The zero-order chi connectivity index (χ0) is 24.6. The predicted molar refractivity (Wildman–Crippen MR) is 145 cm³/mol. The van der Waals surface area contributed by atoms with E-state index in [2.05, 4.69) is 16.0 Å². The lowest BCUT2D eigenvalue weighted by Gasteiger charge is -2.39. The van der Waals surface area contributed by atoms with Crippen molar-refractivity contribution in [2.24, 2.45) is 0 Å². The molecular weight excluding hydrogens is 524 g/mol. The van der Waals surface area contributed by atoms with Crippen molar-refractivity contribution in [3.05, 3.63) is 97.7 Å². The molecule has 0 aliphatic carbocycles. The Morgan fingerprint density at radius 2 is 1.71 bits per heavy atom. The first-order valence-electron chi connectivity index (χ1n) is 11.4. The molecule has 2 aromatic carbocycles. The molecule has 0 saturated carbocycles. The normalized spacial score (nSPS) is 17.3. The van der Waals surface area contributed by atoms with Gasteiger partial charge >= 0.3 is 0 Å². The lowest BCUT2D eigenvalue weighted by atomic mass is 9.74. The third-order valence-corrected chi connectivity index (χ3v) is 7.94. The molecule has 8 heteroatoms. The SMILES string of the molecule is O=C(c1ccnc(Cl)c1)N1CC2(CCN(CC=Cc3ccc(Cl)cc3Cl)CC2)c2cc(Cl)ccc21. The topological polar surface area (TPSA) is 36.4 Å². The number of nitrogens with zero attached hydrogens (tertiary/aromatic N) is 3. The minimum atomic E-state index is -0.119. The van der Waals surface area contributed by atoms with Crippen molar-refractivity contribution < 1.29 is 4.79 Å². The van der Waals surface area contributed by atoms with Gasteiger partial charge in [0, 0.05) is 51.0 Å². The van der Waals surface area contributed by atoms with Gasteiger partial charge in [0.25, 0.3) is 5.91 Å². The highest BCUT2D eigenvalue weighted by Crippen LogP contribution is 2.48. The fraction of sp³-hybridized carbons (Fsp3) is 0.259. The van der Waals surface area contributed by atoms with Gasteiger partial charge in [-0.1, -0.05) is 64.6 Å². The number of anilines is 1. The van der Waals surface area contributed by atoms with Gasteiger partial charge in [-0.05, 0) is 79.5 Å². The van der Waals surface area contributed by atoms with Crippen LogP contribution in [0.25, 0.3) is 6.08 Å². The number of rotatable bonds is 4. The molecule has 3 aromatic rings. The minimum Gasteiger partial charge on any atom is -0.307 e. The molecule has 4 nitrogen and oxygen atoms in total. The fourth-order valence-electron chi connectivity index (χ4n) is 5.07. The summed E-state index contributed by atoms with van der Waals surface area (Å²) in [5, 5.41) is 2.27. The third kappa shape index (κ3) is 5.09. The Balaban J connectivity index is 1.31. The minimum absolute atomic E-state index is 0.0695. The van der Waals surface area contributed by atoms with Crippen LogP contribution in [-0.2, 0) is 5.41 Å². The molecule has 0 atom stereocenters. The number of piperidine rings is 1. The number of halogens is 4. The van der Waals surface area contributed by atoms with E-state index in [1.54, 1.807) is 24.4 Å². The lowest BCUT2D eigenvalue weighted by molar-refractivity contribution is 0.0977. The molecule has 1 spiro atoms. The summed E-state index contributed by atoms with van der Waals surface area (Å²) in [5.74, 6) is -0.0695. The average molecular weight is 547 g/mol. The van der Waals surface area contributed by atoms with Crippen molar-refractivity contribution in [1.29, 1.82) is 0 Å². The Kier molecular flexibility index (Phi) is 7.11. The van der Waals surface area contributed by atoms with E-state index in [-0.39, 0.29) is 11.3 Å². The van der Waals surface area contributed by atoms with E-state index in [1.165, 1.54) is 0 Å². The largest absolute Gasteiger partial charge is 0.307 e. The van der Waals surface area contributed by atoms with Gasteiger partial charge in [-0.15, -0.1) is 0 Å². The van der Waals surface area contributed by atoms with Crippen LogP contribution < -0.4 is 4.90 Å². The van der Waals surface area contributed by atoms with E-state index >= 15 is 0 Å². The van der Waals surface area contributed by atoms with Crippen molar-refractivity contribution >= 4 is 64.1 Å². The van der Waals surface area contributed by atoms with Crippen molar-refractivity contribution in [2.75, 3.05) is 31.1 Å². The highest BCUT2D eigenvalue weighted by Gasteiger charge is 2.46. The average Bonchev–Trinajstić information content (AvgIpc) is 3.14. The van der Waals surface area contributed by atoms with Crippen LogP contribution in [0.4, 0.5) is 5.69 Å². The van der Waals surface area contributed by atoms with Crippen LogP contribution in [0.5, 0.6) is 0 Å². The van der Waals surface area contributed by atoms with Crippen LogP contribution >= 0.6 is 46.4 Å². The van der Waals surface area contributed by atoms with Crippen LogP contribution in [0.2, 0.25) is 20.2 Å². The third-order valence-electron chi connectivity index (χ3n) is 6.94. The molecule has 2 aliphatic rings. The van der Waals surface area contributed by atoms with Gasteiger partial charge in [-0.25, -0.2) is 4.98 Å². The molecule has 5 rings (SSSR count). The summed E-state index contributed by atoms with van der Waals surface area (Å²) in [4.78, 5) is 21.7. The van der Waals surface area contributed by atoms with E-state index in [0.717, 1.165) is 49.3 Å². The number of pyridine rings is 1. The number of hydrogen-bond acceptors (Lipinski definition) is 3. The monoisotopic (exact) mass is 545 g/mol. The number of amides is 1. The Labute approximate surface area is 225 Å². The summed E-state index contributed by atoms with van der Waals surface area (Å²) in [5.41, 5.74) is 3.45. The molecule has 180 valence electrons. The second-order valence-corrected chi connectivity index (χ2v) is 10.7. The number of carbonyl (C=O) groups is 1. The van der Waals surface area contributed by atoms with Gasteiger partial charge in [0.1, 0.15) is 5.15 Å². The fourth-order valence-corrected chi connectivity index (χ4v) is 5.89. The molecule has 2 aliphatic heterocycles. The van der Waals surface area contributed by atoms with E-state index in [4.69, 9.17) is 46.4 Å². The quantitative estimate of drug-likeness (QED) is 0.320. The molecule has 0 radical (unpaired) electrons. The van der Waals surface area contributed by atoms with Crippen LogP contribution in [0.3, 0.4) is 0 Å². The lowest BCUT2D eigenvalue weighted by Crippen LogP contribution is -2.46. The smallest absolute Gasteiger partial charge is 0.258 e. The maximum atomic E-state index is 13.4. The number of aromatic nitrogens is 1. The molecule has 3 heterocycles. The summed E-state index contributed by atoms with van der Waals surface area (Å²) in [7, 11) is 0. The Hall–Kier alpha value is -2.08. The molecule has 1 fully saturated rings. The molecule has 1 saturated heterocycles. The van der Waals surface area contributed by atoms with Crippen molar-refractivity contribution in [1.82, 2.24) is 9.88 Å². The zero-order valence-corrected chi connectivity index (χ0v) is 21.9. The number of likely N-dealkylation sites (tertiary alicyclic amines) is 1. The zero-order valence-electron chi connectivity index (χ0n) is 18.9. The van der Waals surface area contributed by atoms with Gasteiger partial charge in [0.05, 0.1) is 0 Å². The molecule has 0 bridgehead atoms. The number of benzene rings is 2. The van der Waals surface area contributed by atoms with E-state index in [0.29, 0.717) is 32.3 Å². The second-order valence-electron chi connectivity index (χ2n) is 9.07. The molecule has 0 N–H and O–H groups in total. The van der Waals surface area contributed by atoms with Crippen LogP contribution in [0, 0.1) is 0 Å². The molecule has 1 amide bonds. The maximum absolute atomic E-state index is 13.4.